The van der Waals surface area contributed by atoms with Gasteiger partial charge in [-0.2, -0.15) is 13.9 Å². The average molecular weight is 563 g/mol. The highest BCUT2D eigenvalue weighted by atomic mass is 32.2. The number of hydrogen-bond acceptors (Lipinski definition) is 13. The second kappa shape index (κ2) is 11.2. The van der Waals surface area contributed by atoms with E-state index in [2.05, 4.69) is 30.0 Å². The summed E-state index contributed by atoms with van der Waals surface area (Å²) >= 11 is 1.98. The van der Waals surface area contributed by atoms with Gasteiger partial charge in [0.15, 0.2) is 24.1 Å². The SMILES string of the molecule is Nc1nc(C(=NOCC(=O)O)C(=O)NC2C(=O)N3C(C(=O)[O-])=C(C[n+]4cccc(NC=O)c4)CS[C@@H]23)ns1. The lowest BCUT2D eigenvalue weighted by atomic mass is 10.0. The van der Waals surface area contributed by atoms with Gasteiger partial charge in [0.1, 0.15) is 17.1 Å². The van der Waals surface area contributed by atoms with E-state index in [0.717, 1.165) is 16.4 Å². The number of nitrogens with two attached hydrogens (primary N) is 1. The first-order chi connectivity index (χ1) is 18.2. The van der Waals surface area contributed by atoms with E-state index in [1.54, 1.807) is 29.1 Å². The summed E-state index contributed by atoms with van der Waals surface area (Å²) in [5.74, 6) is -4.59. The first-order valence-corrected chi connectivity index (χ1v) is 12.4. The number of carboxylic acid groups (broad SMARTS) is 2. The summed E-state index contributed by atoms with van der Waals surface area (Å²) in [6, 6.07) is 2.18. The van der Waals surface area contributed by atoms with Gasteiger partial charge in [-0.25, -0.2) is 4.79 Å². The fourth-order valence-electron chi connectivity index (χ4n) is 3.66. The Hall–Kier alpha value is -4.58. The highest BCUT2D eigenvalue weighted by Gasteiger charge is 2.53. The van der Waals surface area contributed by atoms with Crippen molar-refractivity contribution in [2.75, 3.05) is 23.4 Å². The molecule has 5 N–H and O–H groups in total. The Bertz CT molecular complexity index is 1380. The van der Waals surface area contributed by atoms with Crippen LogP contribution in [0.1, 0.15) is 5.82 Å². The highest BCUT2D eigenvalue weighted by Crippen LogP contribution is 2.40. The number of carbonyl (C=O) groups is 5. The quantitative estimate of drug-likeness (QED) is 0.0700. The molecule has 2 atom stereocenters. The standard InChI is InChI=1S/C20H18N8O8S2/c21-20-24-15(26-38-20)12(25-36-6-11(30)31)16(32)23-13-17(33)28-14(19(34)35)9(7-37-18(13)28)4-27-3-1-2-10(5-27)22-8-29/h1-3,5,8,13,18H,4,6-7H2,(H5-,21,22,23,24,26,29,30,31,32,34,35)/t13?,18-/m0/s1. The number of hydrogen-bond donors (Lipinski definition) is 4. The van der Waals surface area contributed by atoms with E-state index < -0.39 is 47.5 Å². The maximum atomic E-state index is 13.0. The number of aliphatic carboxylic acids is 2. The molecule has 2 aliphatic rings. The van der Waals surface area contributed by atoms with Crippen molar-refractivity contribution in [2.45, 2.75) is 18.0 Å². The van der Waals surface area contributed by atoms with Gasteiger partial charge in [-0.05, 0) is 6.07 Å². The van der Waals surface area contributed by atoms with E-state index in [1.165, 1.54) is 11.8 Å². The van der Waals surface area contributed by atoms with Crippen LogP contribution in [0.5, 0.6) is 0 Å². The summed E-state index contributed by atoms with van der Waals surface area (Å²) in [5.41, 5.74) is 5.61. The number of amides is 3. The van der Waals surface area contributed by atoms with Gasteiger partial charge < -0.3 is 36.2 Å². The average Bonchev–Trinajstić information content (AvgIpc) is 3.30. The Morgan fingerprint density at radius 1 is 1.42 bits per heavy atom. The number of thioether (sulfide) groups is 1. The lowest BCUT2D eigenvalue weighted by Crippen LogP contribution is -2.71. The summed E-state index contributed by atoms with van der Waals surface area (Å²) in [6.45, 7) is -0.744. The molecule has 0 radical (unpaired) electrons. The summed E-state index contributed by atoms with van der Waals surface area (Å²) in [4.78, 5) is 68.8. The van der Waals surface area contributed by atoms with Gasteiger partial charge in [0.05, 0.1) is 11.7 Å². The van der Waals surface area contributed by atoms with E-state index >= 15 is 0 Å². The Kier molecular flexibility index (Phi) is 7.82. The molecular formula is C20H18N8O8S2. The zero-order valence-electron chi connectivity index (χ0n) is 19.1. The molecule has 0 spiro atoms. The Morgan fingerprint density at radius 2 is 2.21 bits per heavy atom. The molecular weight excluding hydrogens is 544 g/mol. The van der Waals surface area contributed by atoms with Crippen LogP contribution in [0, 0.1) is 0 Å². The molecule has 16 nitrogen and oxygen atoms in total. The predicted octanol–water partition coefficient (Wildman–Crippen LogP) is -3.11. The molecule has 0 saturated carbocycles. The number of aromatic nitrogens is 3. The Labute approximate surface area is 221 Å². The van der Waals surface area contributed by atoms with E-state index in [-0.39, 0.29) is 29.0 Å². The molecule has 1 unspecified atom stereocenters. The number of nitrogen functional groups attached to an aromatic ring is 1. The number of fused-ring (bicyclic) bond motifs is 1. The Morgan fingerprint density at radius 3 is 2.87 bits per heavy atom. The molecule has 2 aromatic rings. The van der Waals surface area contributed by atoms with Crippen LogP contribution < -0.4 is 26.0 Å². The molecule has 198 valence electrons. The minimum absolute atomic E-state index is 0.00841. The van der Waals surface area contributed by atoms with Crippen molar-refractivity contribution >= 4 is 70.0 Å². The maximum absolute atomic E-state index is 13.0. The van der Waals surface area contributed by atoms with Crippen molar-refractivity contribution in [1.82, 2.24) is 19.6 Å². The van der Waals surface area contributed by atoms with Crippen molar-refractivity contribution < 1.29 is 43.6 Å². The number of nitrogens with one attached hydrogen (secondary N) is 2. The molecule has 2 aliphatic heterocycles. The second-order valence-electron chi connectivity index (χ2n) is 7.69. The van der Waals surface area contributed by atoms with Gasteiger partial charge in [0.2, 0.25) is 24.6 Å². The zero-order valence-corrected chi connectivity index (χ0v) is 20.7. The number of anilines is 2. The molecule has 4 rings (SSSR count). The number of β-lactam (4-membered cyclic amide) rings is 1. The normalized spacial score (nSPS) is 18.8. The smallest absolute Gasteiger partial charge is 0.344 e. The molecule has 0 aliphatic carbocycles. The van der Waals surface area contributed by atoms with Crippen molar-refractivity contribution in [3.05, 3.63) is 41.6 Å². The number of carboxylic acids is 2. The minimum atomic E-state index is -1.56. The highest BCUT2D eigenvalue weighted by molar-refractivity contribution is 8.00. The summed E-state index contributed by atoms with van der Waals surface area (Å²) < 4.78 is 5.50. The van der Waals surface area contributed by atoms with Crippen LogP contribution in [0.3, 0.4) is 0 Å². The molecule has 2 aromatic heterocycles. The van der Waals surface area contributed by atoms with Gasteiger partial charge in [-0.3, -0.25) is 19.3 Å². The fraction of sp³-hybridized carbons (Fsp3) is 0.250. The van der Waals surface area contributed by atoms with Crippen molar-refractivity contribution in [3.8, 4) is 0 Å². The van der Waals surface area contributed by atoms with E-state index in [4.69, 9.17) is 10.8 Å². The number of carbonyl (C=O) groups excluding carboxylic acids is 4. The largest absolute Gasteiger partial charge is 0.543 e. The third kappa shape index (κ3) is 5.54. The predicted molar refractivity (Wildman–Crippen MR) is 128 cm³/mol. The van der Waals surface area contributed by atoms with E-state index in [0.29, 0.717) is 17.7 Å². The third-order valence-corrected chi connectivity index (χ3v) is 7.08. The fourth-order valence-corrected chi connectivity index (χ4v) is 5.43. The van der Waals surface area contributed by atoms with Crippen LogP contribution in [0.4, 0.5) is 10.8 Å². The molecule has 38 heavy (non-hydrogen) atoms. The molecule has 3 amide bonds. The van der Waals surface area contributed by atoms with Gasteiger partial charge in [0, 0.05) is 28.9 Å². The van der Waals surface area contributed by atoms with Gasteiger partial charge in [0.25, 0.3) is 11.8 Å². The summed E-state index contributed by atoms with van der Waals surface area (Å²) in [5, 5.41) is 28.4. The van der Waals surface area contributed by atoms with Crippen molar-refractivity contribution in [3.63, 3.8) is 0 Å². The third-order valence-electron chi connectivity index (χ3n) is 5.20. The summed E-state index contributed by atoms with van der Waals surface area (Å²) in [6.07, 6.45) is 3.77. The van der Waals surface area contributed by atoms with E-state index in [9.17, 15) is 29.1 Å². The molecule has 18 heteroatoms. The minimum Gasteiger partial charge on any atom is -0.543 e. The summed E-state index contributed by atoms with van der Waals surface area (Å²) in [7, 11) is 0. The van der Waals surface area contributed by atoms with Crippen LogP contribution >= 0.6 is 23.3 Å². The van der Waals surface area contributed by atoms with Gasteiger partial charge >= 0.3 is 5.97 Å². The van der Waals surface area contributed by atoms with Crippen LogP contribution in [0.15, 0.2) is 41.0 Å². The van der Waals surface area contributed by atoms with Crippen LogP contribution in [0.2, 0.25) is 0 Å². The number of pyridine rings is 1. The molecule has 4 heterocycles. The van der Waals surface area contributed by atoms with Crippen molar-refractivity contribution in [2.24, 2.45) is 5.16 Å². The van der Waals surface area contributed by atoms with Crippen LogP contribution in [0.25, 0.3) is 0 Å². The van der Waals surface area contributed by atoms with Gasteiger partial charge in [-0.1, -0.05) is 5.16 Å². The van der Waals surface area contributed by atoms with Crippen LogP contribution in [-0.2, 0) is 35.4 Å². The molecule has 0 bridgehead atoms. The topological polar surface area (TPSA) is 233 Å². The lowest BCUT2D eigenvalue weighted by Gasteiger charge is -2.50. The molecule has 1 fully saturated rings. The molecule has 0 aromatic carbocycles. The number of oxime groups is 1. The monoisotopic (exact) mass is 562 g/mol. The van der Waals surface area contributed by atoms with Crippen LogP contribution in [-0.4, -0.2) is 79.0 Å². The first-order valence-electron chi connectivity index (χ1n) is 10.6. The maximum Gasteiger partial charge on any atom is 0.344 e. The zero-order chi connectivity index (χ0) is 27.4. The first kappa shape index (κ1) is 26.5. The molecule has 1 saturated heterocycles. The Balaban J connectivity index is 1.52. The number of nitrogens with zero attached hydrogens (tertiary/aromatic N) is 5. The lowest BCUT2D eigenvalue weighted by molar-refractivity contribution is -0.688. The van der Waals surface area contributed by atoms with E-state index in [1.807, 2.05) is 0 Å². The number of rotatable bonds is 11. The second-order valence-corrected chi connectivity index (χ2v) is 9.58. The van der Waals surface area contributed by atoms with Gasteiger partial charge in [-0.15, -0.1) is 11.8 Å². The van der Waals surface area contributed by atoms with Crippen molar-refractivity contribution in [1.29, 1.82) is 0 Å².